The van der Waals surface area contributed by atoms with Gasteiger partial charge < -0.3 is 15.2 Å². The quantitative estimate of drug-likeness (QED) is 0.452. The first-order chi connectivity index (χ1) is 14.2. The second-order valence-electron chi connectivity index (χ2n) is 6.56. The third-order valence-corrected chi connectivity index (χ3v) is 4.40. The fourth-order valence-corrected chi connectivity index (χ4v) is 2.96. The average Bonchev–Trinajstić information content (AvgIpc) is 3.16. The van der Waals surface area contributed by atoms with E-state index in [1.165, 1.54) is 11.6 Å². The van der Waals surface area contributed by atoms with E-state index in [-0.39, 0.29) is 12.1 Å². The highest BCUT2D eigenvalue weighted by Crippen LogP contribution is 2.10. The summed E-state index contributed by atoms with van der Waals surface area (Å²) in [5, 5.41) is 6.34. The molecule has 29 heavy (non-hydrogen) atoms. The third-order valence-electron chi connectivity index (χ3n) is 4.40. The summed E-state index contributed by atoms with van der Waals surface area (Å²) < 4.78 is 29.2. The van der Waals surface area contributed by atoms with Crippen LogP contribution in [0.2, 0.25) is 0 Å². The van der Waals surface area contributed by atoms with Crippen LogP contribution in [0.25, 0.3) is 0 Å². The summed E-state index contributed by atoms with van der Waals surface area (Å²) in [5.41, 5.74) is 1.44. The molecule has 0 atom stereocenters. The van der Waals surface area contributed by atoms with Crippen molar-refractivity contribution in [2.75, 3.05) is 13.1 Å². The Bertz CT molecular complexity index is 937. The summed E-state index contributed by atoms with van der Waals surface area (Å²) in [7, 11) is 0. The maximum Gasteiger partial charge on any atom is 0.191 e. The average molecular weight is 397 g/mol. The molecule has 7 heteroatoms. The Morgan fingerprint density at radius 1 is 1.10 bits per heavy atom. The lowest BCUT2D eigenvalue weighted by Crippen LogP contribution is -2.38. The van der Waals surface area contributed by atoms with E-state index in [1.807, 2.05) is 31.3 Å². The van der Waals surface area contributed by atoms with Crippen LogP contribution in [-0.2, 0) is 19.5 Å². The normalized spacial score (nSPS) is 11.5. The highest BCUT2D eigenvalue weighted by Gasteiger charge is 2.06. The van der Waals surface area contributed by atoms with Crippen LogP contribution >= 0.6 is 0 Å². The van der Waals surface area contributed by atoms with Crippen LogP contribution in [0.5, 0.6) is 0 Å². The summed E-state index contributed by atoms with van der Waals surface area (Å²) in [6, 6.07) is 13.6. The summed E-state index contributed by atoms with van der Waals surface area (Å²) in [5.74, 6) is 0.583. The number of benzene rings is 2. The number of rotatable bonds is 8. The van der Waals surface area contributed by atoms with Crippen molar-refractivity contribution >= 4 is 5.96 Å². The van der Waals surface area contributed by atoms with Crippen molar-refractivity contribution in [2.24, 2.45) is 4.99 Å². The molecule has 3 rings (SSSR count). The fourth-order valence-electron chi connectivity index (χ4n) is 2.96. The van der Waals surface area contributed by atoms with E-state index in [9.17, 15) is 8.78 Å². The molecule has 0 amide bonds. The topological polar surface area (TPSA) is 54.2 Å². The van der Waals surface area contributed by atoms with Gasteiger partial charge in [0.05, 0.1) is 6.54 Å². The van der Waals surface area contributed by atoms with E-state index in [0.29, 0.717) is 25.5 Å². The molecule has 0 aliphatic carbocycles. The molecule has 0 saturated carbocycles. The lowest BCUT2D eigenvalue weighted by molar-refractivity contribution is 0.585. The second kappa shape index (κ2) is 10.4. The van der Waals surface area contributed by atoms with Gasteiger partial charge >= 0.3 is 0 Å². The van der Waals surface area contributed by atoms with Crippen molar-refractivity contribution in [1.82, 2.24) is 20.2 Å². The minimum absolute atomic E-state index is 0.0571. The van der Waals surface area contributed by atoms with Crippen LogP contribution < -0.4 is 10.6 Å². The molecule has 5 nitrogen and oxygen atoms in total. The van der Waals surface area contributed by atoms with E-state index in [2.05, 4.69) is 37.3 Å². The van der Waals surface area contributed by atoms with Gasteiger partial charge in [-0.3, -0.25) is 0 Å². The lowest BCUT2D eigenvalue weighted by Gasteiger charge is -2.12. The van der Waals surface area contributed by atoms with Crippen molar-refractivity contribution in [2.45, 2.75) is 26.4 Å². The van der Waals surface area contributed by atoms with E-state index in [1.54, 1.807) is 6.20 Å². The molecule has 0 saturated heterocycles. The van der Waals surface area contributed by atoms with Crippen LogP contribution in [0.1, 0.15) is 23.9 Å². The van der Waals surface area contributed by atoms with Crippen molar-refractivity contribution in [1.29, 1.82) is 0 Å². The van der Waals surface area contributed by atoms with E-state index < -0.39 is 11.6 Å². The molecule has 0 fully saturated rings. The van der Waals surface area contributed by atoms with Crippen LogP contribution in [0, 0.1) is 11.6 Å². The first kappa shape index (κ1) is 20.5. The minimum Gasteiger partial charge on any atom is -0.357 e. The molecule has 0 radical (unpaired) electrons. The molecule has 2 aromatic carbocycles. The van der Waals surface area contributed by atoms with Crippen molar-refractivity contribution in [3.05, 3.63) is 89.5 Å². The number of nitrogens with one attached hydrogen (secondary N) is 2. The Morgan fingerprint density at radius 3 is 2.72 bits per heavy atom. The van der Waals surface area contributed by atoms with Crippen LogP contribution in [0.3, 0.4) is 0 Å². The smallest absolute Gasteiger partial charge is 0.191 e. The summed E-state index contributed by atoms with van der Waals surface area (Å²) in [6.07, 6.45) is 4.47. The van der Waals surface area contributed by atoms with Gasteiger partial charge in [0.1, 0.15) is 17.5 Å². The SMILES string of the molecule is CCNC(=NCc1cc(F)ccc1F)NCCc1nccn1Cc1ccccc1. The van der Waals surface area contributed by atoms with Gasteiger partial charge in [0, 0.05) is 44.0 Å². The maximum atomic E-state index is 13.8. The number of imidazole rings is 1. The van der Waals surface area contributed by atoms with Gasteiger partial charge in [-0.1, -0.05) is 30.3 Å². The van der Waals surface area contributed by atoms with Crippen molar-refractivity contribution < 1.29 is 8.78 Å². The van der Waals surface area contributed by atoms with Crippen molar-refractivity contribution in [3.63, 3.8) is 0 Å². The van der Waals surface area contributed by atoms with Gasteiger partial charge in [-0.15, -0.1) is 0 Å². The standard InChI is InChI=1S/C22H25F2N5/c1-2-25-22(28-15-18-14-19(23)8-9-20(18)24)27-11-10-21-26-12-13-29(21)16-17-6-4-3-5-7-17/h3-9,12-14H,2,10-11,15-16H2,1H3,(H2,25,27,28). The number of halogens is 2. The molecule has 3 aromatic rings. The molecule has 0 aliphatic heterocycles. The zero-order chi connectivity index (χ0) is 20.5. The second-order valence-corrected chi connectivity index (χ2v) is 6.56. The third kappa shape index (κ3) is 6.14. The number of guanidine groups is 1. The Morgan fingerprint density at radius 2 is 1.93 bits per heavy atom. The monoisotopic (exact) mass is 397 g/mol. The van der Waals surface area contributed by atoms with Gasteiger partial charge in [-0.2, -0.15) is 0 Å². The molecule has 152 valence electrons. The molecule has 0 aliphatic rings. The molecular weight excluding hydrogens is 372 g/mol. The first-order valence-electron chi connectivity index (χ1n) is 9.65. The van der Waals surface area contributed by atoms with Gasteiger partial charge in [-0.05, 0) is 30.7 Å². The Hall–Kier alpha value is -3.22. The first-order valence-corrected chi connectivity index (χ1v) is 9.65. The molecule has 2 N–H and O–H groups in total. The Labute approximate surface area is 169 Å². The van der Waals surface area contributed by atoms with Gasteiger partial charge in [-0.25, -0.2) is 18.8 Å². The van der Waals surface area contributed by atoms with Gasteiger partial charge in [0.25, 0.3) is 0 Å². The lowest BCUT2D eigenvalue weighted by atomic mass is 10.2. The number of aromatic nitrogens is 2. The number of aliphatic imine (C=N–C) groups is 1. The van der Waals surface area contributed by atoms with Gasteiger partial charge in [0.15, 0.2) is 5.96 Å². The predicted molar refractivity (Wildman–Crippen MR) is 111 cm³/mol. The highest BCUT2D eigenvalue weighted by atomic mass is 19.1. The summed E-state index contributed by atoms with van der Waals surface area (Å²) in [4.78, 5) is 8.80. The Balaban J connectivity index is 1.57. The Kier molecular flexibility index (Phi) is 7.33. The van der Waals surface area contributed by atoms with Crippen LogP contribution in [-0.4, -0.2) is 28.6 Å². The van der Waals surface area contributed by atoms with E-state index in [0.717, 1.165) is 24.5 Å². The fraction of sp³-hybridized carbons (Fsp3) is 0.273. The summed E-state index contributed by atoms with van der Waals surface area (Å²) >= 11 is 0. The zero-order valence-electron chi connectivity index (χ0n) is 16.4. The molecule has 1 aromatic heterocycles. The molecule has 0 spiro atoms. The van der Waals surface area contributed by atoms with Crippen molar-refractivity contribution in [3.8, 4) is 0 Å². The van der Waals surface area contributed by atoms with E-state index >= 15 is 0 Å². The molecule has 0 unspecified atom stereocenters. The predicted octanol–water partition coefficient (Wildman–Crippen LogP) is 3.51. The van der Waals surface area contributed by atoms with E-state index in [4.69, 9.17) is 0 Å². The van der Waals surface area contributed by atoms with Gasteiger partial charge in [0.2, 0.25) is 0 Å². The minimum atomic E-state index is -0.472. The zero-order valence-corrected chi connectivity index (χ0v) is 16.4. The van der Waals surface area contributed by atoms with Crippen LogP contribution in [0.4, 0.5) is 8.78 Å². The number of hydrogen-bond acceptors (Lipinski definition) is 2. The van der Waals surface area contributed by atoms with Crippen LogP contribution in [0.15, 0.2) is 65.9 Å². The molecular formula is C22H25F2N5. The highest BCUT2D eigenvalue weighted by molar-refractivity contribution is 5.79. The largest absolute Gasteiger partial charge is 0.357 e. The number of nitrogens with zero attached hydrogens (tertiary/aromatic N) is 3. The maximum absolute atomic E-state index is 13.8. The molecule has 1 heterocycles. The summed E-state index contributed by atoms with van der Waals surface area (Å²) in [6.45, 7) is 4.06. The number of hydrogen-bond donors (Lipinski definition) is 2. The molecule has 0 bridgehead atoms.